The van der Waals surface area contributed by atoms with Gasteiger partial charge in [-0.2, -0.15) is 0 Å². The van der Waals surface area contributed by atoms with Gasteiger partial charge in [0.15, 0.2) is 0 Å². The van der Waals surface area contributed by atoms with E-state index in [4.69, 9.17) is 5.73 Å². The number of carbonyl (C=O) groups is 1. The smallest absolute Gasteiger partial charge is 0.133 e. The average molecular weight is 183 g/mol. The van der Waals surface area contributed by atoms with Crippen LogP contribution in [0.3, 0.4) is 0 Å². The van der Waals surface area contributed by atoms with Gasteiger partial charge in [-0.25, -0.2) is 0 Å². The fourth-order valence-electron chi connectivity index (χ4n) is 2.08. The van der Waals surface area contributed by atoms with E-state index >= 15 is 0 Å². The highest BCUT2D eigenvalue weighted by Gasteiger charge is 2.37. The molecule has 0 saturated heterocycles. The van der Waals surface area contributed by atoms with Crippen LogP contribution >= 0.6 is 0 Å². The number of nitrogens with two attached hydrogens (primary N) is 1. The molecule has 0 aromatic heterocycles. The van der Waals surface area contributed by atoms with E-state index < -0.39 is 0 Å². The Labute approximate surface area is 80.9 Å². The number of carbonyl (C=O) groups excluding carboxylic acids is 1. The number of ketones is 1. The van der Waals surface area contributed by atoms with Crippen LogP contribution in [0.25, 0.3) is 0 Å². The fraction of sp³-hybridized carbons (Fsp3) is 0.909. The van der Waals surface area contributed by atoms with Crippen molar-refractivity contribution in [3.63, 3.8) is 0 Å². The minimum Gasteiger partial charge on any atom is -0.330 e. The molecule has 76 valence electrons. The summed E-state index contributed by atoms with van der Waals surface area (Å²) in [6, 6.07) is 0. The summed E-state index contributed by atoms with van der Waals surface area (Å²) in [6.45, 7) is 4.87. The second-order valence-corrected chi connectivity index (χ2v) is 4.87. The summed E-state index contributed by atoms with van der Waals surface area (Å²) in [4.78, 5) is 11.6. The van der Waals surface area contributed by atoms with E-state index in [1.165, 1.54) is 6.42 Å². The Morgan fingerprint density at radius 2 is 2.08 bits per heavy atom. The van der Waals surface area contributed by atoms with Crippen LogP contribution in [-0.2, 0) is 4.79 Å². The van der Waals surface area contributed by atoms with Gasteiger partial charge in [-0.3, -0.25) is 4.79 Å². The molecule has 1 aliphatic carbocycles. The first-order valence-corrected chi connectivity index (χ1v) is 5.30. The first kappa shape index (κ1) is 10.7. The third-order valence-electron chi connectivity index (χ3n) is 3.06. The lowest BCUT2D eigenvalue weighted by molar-refractivity contribution is -0.123. The van der Waals surface area contributed by atoms with Crippen LogP contribution in [0.5, 0.6) is 0 Å². The number of hydrogen-bond acceptors (Lipinski definition) is 2. The molecule has 0 aromatic rings. The van der Waals surface area contributed by atoms with Gasteiger partial charge in [0.2, 0.25) is 0 Å². The lowest BCUT2D eigenvalue weighted by atomic mass is 9.65. The van der Waals surface area contributed by atoms with Gasteiger partial charge in [-0.15, -0.1) is 0 Å². The minimum absolute atomic E-state index is 0.200. The molecule has 0 spiro atoms. The highest BCUT2D eigenvalue weighted by atomic mass is 16.1. The SMILES string of the molecule is CC(C)CC(=O)CC1(CN)CCC1. The van der Waals surface area contributed by atoms with Gasteiger partial charge in [0.05, 0.1) is 0 Å². The monoisotopic (exact) mass is 183 g/mol. The van der Waals surface area contributed by atoms with Crippen molar-refractivity contribution in [1.82, 2.24) is 0 Å². The molecule has 2 nitrogen and oxygen atoms in total. The van der Waals surface area contributed by atoms with Gasteiger partial charge in [0.25, 0.3) is 0 Å². The third kappa shape index (κ3) is 2.80. The Kier molecular flexibility index (Phi) is 3.48. The highest BCUT2D eigenvalue weighted by Crippen LogP contribution is 2.43. The lowest BCUT2D eigenvalue weighted by Gasteiger charge is -2.40. The van der Waals surface area contributed by atoms with Crippen molar-refractivity contribution >= 4 is 5.78 Å². The molecule has 1 rings (SSSR count). The van der Waals surface area contributed by atoms with Crippen LogP contribution in [0, 0.1) is 11.3 Å². The molecule has 0 bridgehead atoms. The average Bonchev–Trinajstić information content (AvgIpc) is 1.95. The first-order valence-electron chi connectivity index (χ1n) is 5.30. The molecule has 0 heterocycles. The molecule has 13 heavy (non-hydrogen) atoms. The van der Waals surface area contributed by atoms with Crippen molar-refractivity contribution < 1.29 is 4.79 Å². The van der Waals surface area contributed by atoms with Gasteiger partial charge in [0.1, 0.15) is 5.78 Å². The molecule has 0 atom stereocenters. The van der Waals surface area contributed by atoms with Gasteiger partial charge >= 0.3 is 0 Å². The quantitative estimate of drug-likeness (QED) is 0.709. The van der Waals surface area contributed by atoms with Crippen molar-refractivity contribution in [3.8, 4) is 0 Å². The summed E-state index contributed by atoms with van der Waals surface area (Å²) < 4.78 is 0. The summed E-state index contributed by atoms with van der Waals surface area (Å²) in [5, 5.41) is 0. The molecule has 1 fully saturated rings. The molecule has 0 aliphatic heterocycles. The summed E-state index contributed by atoms with van der Waals surface area (Å²) >= 11 is 0. The maximum absolute atomic E-state index is 11.6. The second-order valence-electron chi connectivity index (χ2n) is 4.87. The summed E-state index contributed by atoms with van der Waals surface area (Å²) in [5.41, 5.74) is 5.90. The summed E-state index contributed by atoms with van der Waals surface area (Å²) in [7, 11) is 0. The topological polar surface area (TPSA) is 43.1 Å². The predicted molar refractivity (Wildman–Crippen MR) is 54.4 cm³/mol. The van der Waals surface area contributed by atoms with Crippen LogP contribution in [0.15, 0.2) is 0 Å². The Bertz CT molecular complexity index is 177. The van der Waals surface area contributed by atoms with Crippen molar-refractivity contribution in [3.05, 3.63) is 0 Å². The van der Waals surface area contributed by atoms with Gasteiger partial charge in [-0.1, -0.05) is 20.3 Å². The van der Waals surface area contributed by atoms with Gasteiger partial charge < -0.3 is 5.73 Å². The molecule has 2 N–H and O–H groups in total. The highest BCUT2D eigenvalue weighted by molar-refractivity contribution is 5.79. The molecule has 1 saturated carbocycles. The lowest BCUT2D eigenvalue weighted by Crippen LogP contribution is -2.39. The van der Waals surface area contributed by atoms with E-state index in [0.29, 0.717) is 18.2 Å². The third-order valence-corrected chi connectivity index (χ3v) is 3.06. The van der Waals surface area contributed by atoms with Crippen LogP contribution in [0.1, 0.15) is 46.0 Å². The largest absolute Gasteiger partial charge is 0.330 e. The second kappa shape index (κ2) is 4.23. The van der Waals surface area contributed by atoms with Crippen molar-refractivity contribution in [2.75, 3.05) is 6.54 Å². The van der Waals surface area contributed by atoms with Crippen molar-refractivity contribution in [2.24, 2.45) is 17.1 Å². The number of hydrogen-bond donors (Lipinski definition) is 1. The molecule has 0 unspecified atom stereocenters. The normalized spacial score (nSPS) is 20.0. The first-order chi connectivity index (χ1) is 6.08. The van der Waals surface area contributed by atoms with Crippen molar-refractivity contribution in [1.29, 1.82) is 0 Å². The van der Waals surface area contributed by atoms with E-state index in [-0.39, 0.29) is 5.41 Å². The zero-order valence-corrected chi connectivity index (χ0v) is 8.81. The van der Waals surface area contributed by atoms with Crippen molar-refractivity contribution in [2.45, 2.75) is 46.0 Å². The molecular formula is C11H21NO. The summed E-state index contributed by atoms with van der Waals surface area (Å²) in [6.07, 6.45) is 5.02. The molecule has 1 aliphatic rings. The Hall–Kier alpha value is -0.370. The maximum Gasteiger partial charge on any atom is 0.133 e. The van der Waals surface area contributed by atoms with Crippen LogP contribution < -0.4 is 5.73 Å². The fourth-order valence-corrected chi connectivity index (χ4v) is 2.08. The van der Waals surface area contributed by atoms with Gasteiger partial charge in [-0.05, 0) is 30.7 Å². The molecule has 0 aromatic carbocycles. The number of rotatable bonds is 5. The van der Waals surface area contributed by atoms with Crippen LogP contribution in [0.4, 0.5) is 0 Å². The Balaban J connectivity index is 2.34. The van der Waals surface area contributed by atoms with E-state index in [1.807, 2.05) is 0 Å². The Morgan fingerprint density at radius 3 is 2.38 bits per heavy atom. The molecule has 2 heteroatoms. The number of Topliss-reactive ketones (excluding diaryl/α,β-unsaturated/α-hetero) is 1. The maximum atomic E-state index is 11.6. The molecule has 0 radical (unpaired) electrons. The van der Waals surface area contributed by atoms with Crippen LogP contribution in [0.2, 0.25) is 0 Å². The minimum atomic E-state index is 0.200. The van der Waals surface area contributed by atoms with E-state index in [2.05, 4.69) is 13.8 Å². The van der Waals surface area contributed by atoms with E-state index in [1.54, 1.807) is 0 Å². The standard InChI is InChI=1S/C11H21NO/c1-9(2)6-10(13)7-11(8-12)4-3-5-11/h9H,3-8,12H2,1-2H3. The van der Waals surface area contributed by atoms with E-state index in [0.717, 1.165) is 25.7 Å². The molecule has 0 amide bonds. The summed E-state index contributed by atoms with van der Waals surface area (Å²) in [5.74, 6) is 0.891. The zero-order chi connectivity index (χ0) is 9.90. The Morgan fingerprint density at radius 1 is 1.46 bits per heavy atom. The van der Waals surface area contributed by atoms with Crippen LogP contribution in [-0.4, -0.2) is 12.3 Å². The van der Waals surface area contributed by atoms with Gasteiger partial charge in [0, 0.05) is 12.8 Å². The van der Waals surface area contributed by atoms with E-state index in [9.17, 15) is 4.79 Å². The zero-order valence-electron chi connectivity index (χ0n) is 8.81. The molecular weight excluding hydrogens is 162 g/mol. The predicted octanol–water partition coefficient (Wildman–Crippen LogP) is 2.12.